The molecule has 1 aromatic heterocycles. The molecule has 2 aromatic rings. The van der Waals surface area contributed by atoms with E-state index in [1.807, 2.05) is 36.4 Å². The molecular formula is C25H29N5O5. The maximum Gasteiger partial charge on any atom is 0.325 e. The van der Waals surface area contributed by atoms with Gasteiger partial charge in [-0.2, -0.15) is 10.2 Å². The number of rotatable bonds is 5. The lowest BCUT2D eigenvalue weighted by Crippen LogP contribution is -2.22. The Morgan fingerprint density at radius 3 is 2.97 bits per heavy atom. The van der Waals surface area contributed by atoms with Crippen molar-refractivity contribution in [3.05, 3.63) is 47.8 Å². The van der Waals surface area contributed by atoms with E-state index in [1.54, 1.807) is 0 Å². The van der Waals surface area contributed by atoms with Crippen LogP contribution in [0.5, 0.6) is 11.6 Å². The number of benzene rings is 1. The molecule has 0 radical (unpaired) electrons. The Labute approximate surface area is 204 Å². The topological polar surface area (TPSA) is 128 Å². The van der Waals surface area contributed by atoms with Crippen LogP contribution < -0.4 is 20.1 Å². The largest absolute Gasteiger partial charge is 0.487 e. The molecule has 1 saturated heterocycles. The number of urea groups is 1. The summed E-state index contributed by atoms with van der Waals surface area (Å²) in [4.78, 5) is 20.9. The van der Waals surface area contributed by atoms with Crippen LogP contribution in [0.4, 0.5) is 16.3 Å². The number of carbonyl (C=O) groups excluding carboxylic acids is 1. The Morgan fingerprint density at radius 2 is 2.11 bits per heavy atom. The second-order valence-corrected chi connectivity index (χ2v) is 8.12. The van der Waals surface area contributed by atoms with E-state index in [9.17, 15) is 10.1 Å². The molecule has 2 amide bonds. The third-order valence-corrected chi connectivity index (χ3v) is 5.46. The molecule has 1 fully saturated rings. The maximum absolute atomic E-state index is 12.7. The third-order valence-electron chi connectivity index (χ3n) is 5.46. The fourth-order valence-corrected chi connectivity index (χ4v) is 3.72. The van der Waals surface area contributed by atoms with Crippen molar-refractivity contribution in [2.45, 2.75) is 44.8 Å². The molecule has 2 aliphatic heterocycles. The van der Waals surface area contributed by atoms with Gasteiger partial charge in [0.05, 0.1) is 25.1 Å². The van der Waals surface area contributed by atoms with Gasteiger partial charge in [-0.05, 0) is 56.2 Å². The highest BCUT2D eigenvalue weighted by molar-refractivity contribution is 6.00. The van der Waals surface area contributed by atoms with Crippen molar-refractivity contribution in [3.8, 4) is 17.7 Å². The van der Waals surface area contributed by atoms with Gasteiger partial charge in [0.1, 0.15) is 18.4 Å². The number of fused-ring (bicyclic) bond motifs is 3. The van der Waals surface area contributed by atoms with Gasteiger partial charge < -0.3 is 24.3 Å². The quantitative estimate of drug-likeness (QED) is 0.483. The Kier molecular flexibility index (Phi) is 8.86. The summed E-state index contributed by atoms with van der Waals surface area (Å²) in [6.45, 7) is 2.02. The van der Waals surface area contributed by atoms with Gasteiger partial charge in [-0.3, -0.25) is 5.32 Å². The van der Waals surface area contributed by atoms with E-state index in [2.05, 4.69) is 20.6 Å². The van der Waals surface area contributed by atoms with E-state index in [4.69, 9.17) is 18.9 Å². The van der Waals surface area contributed by atoms with Gasteiger partial charge in [0, 0.05) is 6.61 Å². The highest BCUT2D eigenvalue weighted by Crippen LogP contribution is 2.27. The first-order valence-electron chi connectivity index (χ1n) is 11.8. The van der Waals surface area contributed by atoms with E-state index >= 15 is 0 Å². The van der Waals surface area contributed by atoms with E-state index in [1.165, 1.54) is 6.20 Å². The summed E-state index contributed by atoms with van der Waals surface area (Å²) >= 11 is 0. The zero-order valence-electron chi connectivity index (χ0n) is 19.5. The van der Waals surface area contributed by atoms with E-state index in [0.29, 0.717) is 37.7 Å². The molecule has 4 rings (SSSR count). The molecule has 2 aliphatic rings. The summed E-state index contributed by atoms with van der Waals surface area (Å²) in [5.74, 6) is 0.800. The van der Waals surface area contributed by atoms with Crippen molar-refractivity contribution >= 4 is 17.5 Å². The van der Waals surface area contributed by atoms with Crippen molar-refractivity contribution in [3.63, 3.8) is 0 Å². The normalized spacial score (nSPS) is 19.3. The molecule has 1 unspecified atom stereocenters. The van der Waals surface area contributed by atoms with Gasteiger partial charge in [0.2, 0.25) is 5.69 Å². The Hall–Kier alpha value is -3.68. The number of aromatic nitrogens is 2. The predicted molar refractivity (Wildman–Crippen MR) is 128 cm³/mol. The standard InChI is InChI=1S/C25H29N5O5/c26-16-20-24-29-22(17-27-20)30-25(31)28-19-15-18(7-6-14-34-23-8-2-5-12-33-23)9-10-21(19)32-11-3-1-4-13-35-24/h1,3,9-10,15,17,23H,2,4-8,11-14H2,(H2,28,29,30,31)/b3-1-. The smallest absolute Gasteiger partial charge is 0.325 e. The van der Waals surface area contributed by atoms with Crippen LogP contribution in [-0.2, 0) is 15.9 Å². The number of nitrogens with one attached hydrogen (secondary N) is 2. The highest BCUT2D eigenvalue weighted by Gasteiger charge is 2.15. The minimum absolute atomic E-state index is 0.0570. The molecule has 2 bridgehead atoms. The molecule has 184 valence electrons. The zero-order chi connectivity index (χ0) is 24.3. The molecule has 10 nitrogen and oxygen atoms in total. The van der Waals surface area contributed by atoms with Gasteiger partial charge in [-0.15, -0.1) is 0 Å². The Balaban J connectivity index is 1.43. The Morgan fingerprint density at radius 1 is 1.17 bits per heavy atom. The fourth-order valence-electron chi connectivity index (χ4n) is 3.72. The minimum atomic E-state index is -0.514. The van der Waals surface area contributed by atoms with Crippen molar-refractivity contribution in [2.75, 3.05) is 37.1 Å². The summed E-state index contributed by atoms with van der Waals surface area (Å²) in [5, 5.41) is 14.7. The number of hydrogen-bond donors (Lipinski definition) is 2. The van der Waals surface area contributed by atoms with Gasteiger partial charge in [0.25, 0.3) is 5.88 Å². The first-order chi connectivity index (χ1) is 17.2. The molecule has 1 aromatic carbocycles. The molecule has 10 heteroatoms. The number of ether oxygens (including phenoxy) is 4. The van der Waals surface area contributed by atoms with Gasteiger partial charge in [0.15, 0.2) is 12.1 Å². The maximum atomic E-state index is 12.7. The molecular weight excluding hydrogens is 450 g/mol. The summed E-state index contributed by atoms with van der Waals surface area (Å²) in [6.07, 6.45) is 10.4. The lowest BCUT2D eigenvalue weighted by Gasteiger charge is -2.22. The summed E-state index contributed by atoms with van der Waals surface area (Å²) in [7, 11) is 0. The molecule has 3 heterocycles. The highest BCUT2D eigenvalue weighted by atomic mass is 16.7. The Bertz CT molecular complexity index is 1080. The number of nitriles is 1. The van der Waals surface area contributed by atoms with Crippen molar-refractivity contribution < 1.29 is 23.7 Å². The molecule has 0 aliphatic carbocycles. The number of aryl methyl sites for hydroxylation is 1. The van der Waals surface area contributed by atoms with Gasteiger partial charge in [-0.25, -0.2) is 9.78 Å². The first kappa shape index (κ1) is 24.4. The van der Waals surface area contributed by atoms with Gasteiger partial charge in [-0.1, -0.05) is 18.2 Å². The van der Waals surface area contributed by atoms with Crippen molar-refractivity contribution in [1.29, 1.82) is 5.26 Å². The number of hydrogen-bond acceptors (Lipinski definition) is 8. The molecule has 0 spiro atoms. The van der Waals surface area contributed by atoms with Crippen LogP contribution in [0.3, 0.4) is 0 Å². The van der Waals surface area contributed by atoms with Gasteiger partial charge >= 0.3 is 6.03 Å². The lowest BCUT2D eigenvalue weighted by atomic mass is 10.1. The third kappa shape index (κ3) is 7.40. The van der Waals surface area contributed by atoms with Crippen LogP contribution >= 0.6 is 0 Å². The van der Waals surface area contributed by atoms with E-state index in [0.717, 1.165) is 44.3 Å². The first-order valence-corrected chi connectivity index (χ1v) is 11.8. The monoisotopic (exact) mass is 479 g/mol. The minimum Gasteiger partial charge on any atom is -0.487 e. The average Bonchev–Trinajstić information content (AvgIpc) is 2.87. The molecule has 35 heavy (non-hydrogen) atoms. The molecule has 2 N–H and O–H groups in total. The molecule has 0 saturated carbocycles. The second-order valence-electron chi connectivity index (χ2n) is 8.12. The van der Waals surface area contributed by atoms with Crippen LogP contribution in [0.25, 0.3) is 0 Å². The van der Waals surface area contributed by atoms with Crippen LogP contribution in [-0.4, -0.2) is 48.7 Å². The SMILES string of the molecule is N#Cc1ncc2nc1OCC/C=C\COc1ccc(CCCOC3CCCCO3)cc1NC(=O)N2. The van der Waals surface area contributed by atoms with Crippen LogP contribution in [0.1, 0.15) is 43.4 Å². The number of nitrogens with zero attached hydrogens (tertiary/aromatic N) is 3. The average molecular weight is 480 g/mol. The predicted octanol–water partition coefficient (Wildman–Crippen LogP) is 4.19. The van der Waals surface area contributed by atoms with Crippen LogP contribution in [0.15, 0.2) is 36.5 Å². The van der Waals surface area contributed by atoms with E-state index in [-0.39, 0.29) is 23.7 Å². The van der Waals surface area contributed by atoms with Crippen LogP contribution in [0.2, 0.25) is 0 Å². The summed E-state index contributed by atoms with van der Waals surface area (Å²) in [5.41, 5.74) is 1.64. The molecule has 1 atom stereocenters. The summed E-state index contributed by atoms with van der Waals surface area (Å²) in [6, 6.07) is 7.16. The van der Waals surface area contributed by atoms with Crippen molar-refractivity contribution in [2.24, 2.45) is 0 Å². The number of anilines is 2. The number of carbonyl (C=O) groups is 1. The van der Waals surface area contributed by atoms with Crippen LogP contribution in [0, 0.1) is 11.3 Å². The summed E-state index contributed by atoms with van der Waals surface area (Å²) < 4.78 is 22.9. The second kappa shape index (κ2) is 12.7. The van der Waals surface area contributed by atoms with Crippen molar-refractivity contribution in [1.82, 2.24) is 9.97 Å². The van der Waals surface area contributed by atoms with E-state index < -0.39 is 6.03 Å². The fraction of sp³-hybridized carbons (Fsp3) is 0.440. The lowest BCUT2D eigenvalue weighted by molar-refractivity contribution is -0.162. The number of amides is 2. The zero-order valence-corrected chi connectivity index (χ0v) is 19.5.